The number of hydrogen-bond acceptors (Lipinski definition) is 3. The topological polar surface area (TPSA) is 55.1 Å². The van der Waals surface area contributed by atoms with Crippen molar-refractivity contribution in [3.8, 4) is 0 Å². The summed E-state index contributed by atoms with van der Waals surface area (Å²) in [6.45, 7) is 2.51. The lowest BCUT2D eigenvalue weighted by molar-refractivity contribution is 0.684. The zero-order chi connectivity index (χ0) is 12.8. The van der Waals surface area contributed by atoms with Crippen molar-refractivity contribution in [2.75, 3.05) is 23.4 Å². The standard InChI is InChI=1S/C11H15ClN2OS2/c1-2-17(15)6-5-14-10-7-8(12)3-4-9(10)11(13)16/h3-4,7,14H,2,5-6H2,1H3,(H2,13,16). The second-order valence-corrected chi connectivity index (χ2v) is 6.16. The Morgan fingerprint density at radius 3 is 2.88 bits per heavy atom. The lowest BCUT2D eigenvalue weighted by atomic mass is 10.2. The monoisotopic (exact) mass is 290 g/mol. The minimum Gasteiger partial charge on any atom is -0.389 e. The van der Waals surface area contributed by atoms with Gasteiger partial charge < -0.3 is 11.1 Å². The molecule has 0 radical (unpaired) electrons. The second kappa shape index (κ2) is 6.93. The number of halogens is 1. The van der Waals surface area contributed by atoms with Crippen LogP contribution in [0.4, 0.5) is 5.69 Å². The molecule has 0 spiro atoms. The molecule has 3 nitrogen and oxygen atoms in total. The van der Waals surface area contributed by atoms with Gasteiger partial charge >= 0.3 is 0 Å². The van der Waals surface area contributed by atoms with E-state index in [2.05, 4.69) is 5.32 Å². The fraction of sp³-hybridized carbons (Fsp3) is 0.364. The van der Waals surface area contributed by atoms with Crippen molar-refractivity contribution in [3.63, 3.8) is 0 Å². The summed E-state index contributed by atoms with van der Waals surface area (Å²) in [5.41, 5.74) is 7.16. The summed E-state index contributed by atoms with van der Waals surface area (Å²) in [5.74, 6) is 1.26. The first-order valence-corrected chi connectivity index (χ1v) is 7.50. The molecule has 0 aliphatic carbocycles. The van der Waals surface area contributed by atoms with Gasteiger partial charge in [0.15, 0.2) is 0 Å². The van der Waals surface area contributed by atoms with Gasteiger partial charge in [-0.05, 0) is 18.2 Å². The maximum Gasteiger partial charge on any atom is 0.106 e. The predicted molar refractivity (Wildman–Crippen MR) is 79.4 cm³/mol. The summed E-state index contributed by atoms with van der Waals surface area (Å²) in [4.78, 5) is 0.320. The number of hydrogen-bond donors (Lipinski definition) is 2. The SMILES string of the molecule is CCS(=O)CCNc1cc(Cl)ccc1C(N)=S. The van der Waals surface area contributed by atoms with Crippen molar-refractivity contribution < 1.29 is 4.21 Å². The normalized spacial score (nSPS) is 12.1. The van der Waals surface area contributed by atoms with Crippen LogP contribution in [-0.4, -0.2) is 27.2 Å². The van der Waals surface area contributed by atoms with Gasteiger partial charge in [-0.25, -0.2) is 0 Å². The zero-order valence-electron chi connectivity index (χ0n) is 9.53. The highest BCUT2D eigenvalue weighted by molar-refractivity contribution is 7.84. The van der Waals surface area contributed by atoms with E-state index in [0.29, 0.717) is 28.1 Å². The van der Waals surface area contributed by atoms with E-state index in [0.717, 1.165) is 11.3 Å². The molecule has 0 bridgehead atoms. The van der Waals surface area contributed by atoms with Crippen LogP contribution in [0.1, 0.15) is 12.5 Å². The fourth-order valence-electron chi connectivity index (χ4n) is 1.32. The van der Waals surface area contributed by atoms with E-state index in [1.165, 1.54) is 0 Å². The van der Waals surface area contributed by atoms with E-state index in [1.807, 2.05) is 6.92 Å². The van der Waals surface area contributed by atoms with Crippen LogP contribution in [0.5, 0.6) is 0 Å². The van der Waals surface area contributed by atoms with Crippen LogP contribution in [0.15, 0.2) is 18.2 Å². The van der Waals surface area contributed by atoms with Gasteiger partial charge in [0.1, 0.15) is 4.99 Å². The molecule has 1 rings (SSSR count). The van der Waals surface area contributed by atoms with Crippen molar-refractivity contribution in [3.05, 3.63) is 28.8 Å². The largest absolute Gasteiger partial charge is 0.389 e. The van der Waals surface area contributed by atoms with Crippen molar-refractivity contribution in [1.29, 1.82) is 0 Å². The van der Waals surface area contributed by atoms with E-state index in [4.69, 9.17) is 29.6 Å². The van der Waals surface area contributed by atoms with Crippen molar-refractivity contribution in [2.45, 2.75) is 6.92 Å². The van der Waals surface area contributed by atoms with Crippen LogP contribution in [0.2, 0.25) is 5.02 Å². The third kappa shape index (κ3) is 4.61. The first-order valence-electron chi connectivity index (χ1n) is 5.22. The minimum absolute atomic E-state index is 0.320. The second-order valence-electron chi connectivity index (χ2n) is 3.41. The molecule has 0 saturated carbocycles. The Morgan fingerprint density at radius 1 is 1.59 bits per heavy atom. The van der Waals surface area contributed by atoms with Gasteiger partial charge in [0.25, 0.3) is 0 Å². The Morgan fingerprint density at radius 2 is 2.29 bits per heavy atom. The highest BCUT2D eigenvalue weighted by Gasteiger charge is 2.06. The van der Waals surface area contributed by atoms with E-state index < -0.39 is 10.8 Å². The molecule has 0 aromatic heterocycles. The molecule has 6 heteroatoms. The number of anilines is 1. The van der Waals surface area contributed by atoms with E-state index in [-0.39, 0.29) is 0 Å². The smallest absolute Gasteiger partial charge is 0.106 e. The molecule has 0 aliphatic heterocycles. The van der Waals surface area contributed by atoms with Gasteiger partial charge in [-0.15, -0.1) is 0 Å². The molecule has 3 N–H and O–H groups in total. The molecule has 1 aromatic rings. The molecule has 1 atom stereocenters. The predicted octanol–water partition coefficient (Wildman–Crippen LogP) is 2.15. The fourth-order valence-corrected chi connectivity index (χ4v) is 2.29. The number of nitrogens with two attached hydrogens (primary N) is 1. The summed E-state index contributed by atoms with van der Waals surface area (Å²) in [6.07, 6.45) is 0. The van der Waals surface area contributed by atoms with E-state index in [1.54, 1.807) is 18.2 Å². The van der Waals surface area contributed by atoms with Gasteiger partial charge in [0.2, 0.25) is 0 Å². The molecular weight excluding hydrogens is 276 g/mol. The summed E-state index contributed by atoms with van der Waals surface area (Å²) >= 11 is 10.9. The number of rotatable bonds is 6. The first kappa shape index (κ1) is 14.4. The van der Waals surface area contributed by atoms with Gasteiger partial charge in [0, 0.05) is 45.1 Å². The summed E-state index contributed by atoms with van der Waals surface area (Å²) in [5, 5.41) is 3.77. The Hall–Kier alpha value is -0.650. The third-order valence-electron chi connectivity index (χ3n) is 2.21. The zero-order valence-corrected chi connectivity index (χ0v) is 11.9. The van der Waals surface area contributed by atoms with Crippen LogP contribution in [0.25, 0.3) is 0 Å². The van der Waals surface area contributed by atoms with Crippen molar-refractivity contribution in [1.82, 2.24) is 0 Å². The summed E-state index contributed by atoms with van der Waals surface area (Å²) in [7, 11) is -0.783. The van der Waals surface area contributed by atoms with E-state index in [9.17, 15) is 4.21 Å². The average Bonchev–Trinajstić information content (AvgIpc) is 2.28. The Balaban J connectivity index is 2.72. The van der Waals surface area contributed by atoms with Crippen LogP contribution < -0.4 is 11.1 Å². The van der Waals surface area contributed by atoms with Crippen molar-refractivity contribution in [2.24, 2.45) is 5.73 Å². The molecular formula is C11H15ClN2OS2. The summed E-state index contributed by atoms with van der Waals surface area (Å²) in [6, 6.07) is 5.29. The maximum absolute atomic E-state index is 11.3. The number of nitrogens with one attached hydrogen (secondary N) is 1. The molecule has 17 heavy (non-hydrogen) atoms. The highest BCUT2D eigenvalue weighted by Crippen LogP contribution is 2.20. The lowest BCUT2D eigenvalue weighted by Crippen LogP contribution is -2.16. The lowest BCUT2D eigenvalue weighted by Gasteiger charge is -2.11. The Kier molecular flexibility index (Phi) is 5.88. The Bertz CT molecular complexity index is 437. The molecule has 0 heterocycles. The van der Waals surface area contributed by atoms with Gasteiger partial charge in [-0.2, -0.15) is 0 Å². The average molecular weight is 291 g/mol. The van der Waals surface area contributed by atoms with Gasteiger partial charge in [-0.3, -0.25) is 4.21 Å². The molecule has 1 aromatic carbocycles. The van der Waals surface area contributed by atoms with Crippen LogP contribution in [0, 0.1) is 0 Å². The van der Waals surface area contributed by atoms with Crippen LogP contribution >= 0.6 is 23.8 Å². The molecule has 0 fully saturated rings. The highest BCUT2D eigenvalue weighted by atomic mass is 35.5. The first-order chi connectivity index (χ1) is 8.04. The number of benzene rings is 1. The quantitative estimate of drug-likeness (QED) is 0.788. The van der Waals surface area contributed by atoms with Crippen LogP contribution in [0.3, 0.4) is 0 Å². The molecule has 1 unspecified atom stereocenters. The van der Waals surface area contributed by atoms with Crippen LogP contribution in [-0.2, 0) is 10.8 Å². The third-order valence-corrected chi connectivity index (χ3v) is 3.97. The summed E-state index contributed by atoms with van der Waals surface area (Å²) < 4.78 is 11.3. The van der Waals surface area contributed by atoms with Crippen molar-refractivity contribution >= 4 is 45.3 Å². The Labute approximate surface area is 114 Å². The van der Waals surface area contributed by atoms with Gasteiger partial charge in [0.05, 0.1) is 0 Å². The molecule has 0 amide bonds. The minimum atomic E-state index is -0.783. The van der Waals surface area contributed by atoms with Gasteiger partial charge in [-0.1, -0.05) is 30.7 Å². The number of thiocarbonyl (C=S) groups is 1. The molecule has 0 saturated heterocycles. The molecule has 94 valence electrons. The molecule has 0 aliphatic rings. The maximum atomic E-state index is 11.3. The van der Waals surface area contributed by atoms with E-state index >= 15 is 0 Å².